The minimum absolute atomic E-state index is 0.0795. The van der Waals surface area contributed by atoms with Crippen LogP contribution in [0.2, 0.25) is 0 Å². The number of nitrogens with zero attached hydrogens (tertiary/aromatic N) is 3. The lowest BCUT2D eigenvalue weighted by Gasteiger charge is -2.31. The Morgan fingerprint density at radius 2 is 2.28 bits per heavy atom. The van der Waals surface area contributed by atoms with E-state index in [0.29, 0.717) is 25.4 Å². The van der Waals surface area contributed by atoms with Gasteiger partial charge in [0.1, 0.15) is 12.7 Å². The molecule has 18 heavy (non-hydrogen) atoms. The van der Waals surface area contributed by atoms with Crippen LogP contribution in [0.25, 0.3) is 0 Å². The van der Waals surface area contributed by atoms with Crippen molar-refractivity contribution in [2.24, 2.45) is 11.7 Å². The van der Waals surface area contributed by atoms with Crippen LogP contribution in [0.5, 0.6) is 0 Å². The normalized spacial score (nSPS) is 23.8. The molecule has 1 saturated carbocycles. The highest BCUT2D eigenvalue weighted by Crippen LogP contribution is 2.23. The first-order valence-electron chi connectivity index (χ1n) is 6.61. The van der Waals surface area contributed by atoms with Gasteiger partial charge in [-0.1, -0.05) is 12.8 Å². The molecule has 1 aliphatic rings. The number of hydrogen-bond donors (Lipinski definition) is 2. The van der Waals surface area contributed by atoms with Crippen molar-refractivity contribution in [1.29, 1.82) is 0 Å². The summed E-state index contributed by atoms with van der Waals surface area (Å²) in [6.45, 7) is 1.24. The van der Waals surface area contributed by atoms with Crippen LogP contribution in [0.4, 0.5) is 0 Å². The van der Waals surface area contributed by atoms with Crippen molar-refractivity contribution in [1.82, 2.24) is 20.1 Å². The molecule has 1 aliphatic carbocycles. The predicted octanol–water partition coefficient (Wildman–Crippen LogP) is 0.302. The Balaban J connectivity index is 1.75. The topological polar surface area (TPSA) is 85.8 Å². The highest BCUT2D eigenvalue weighted by molar-refractivity contribution is 5.76. The van der Waals surface area contributed by atoms with Gasteiger partial charge >= 0.3 is 0 Å². The summed E-state index contributed by atoms with van der Waals surface area (Å²) in [7, 11) is 0. The van der Waals surface area contributed by atoms with E-state index in [1.165, 1.54) is 19.2 Å². The van der Waals surface area contributed by atoms with E-state index < -0.39 is 0 Å². The summed E-state index contributed by atoms with van der Waals surface area (Å²) < 4.78 is 1.67. The highest BCUT2D eigenvalue weighted by atomic mass is 16.1. The van der Waals surface area contributed by atoms with E-state index >= 15 is 0 Å². The summed E-state index contributed by atoms with van der Waals surface area (Å²) in [6.07, 6.45) is 8.14. The number of nitrogens with two attached hydrogens (primary N) is 1. The molecular weight excluding hydrogens is 230 g/mol. The number of hydrogen-bond acceptors (Lipinski definition) is 4. The van der Waals surface area contributed by atoms with E-state index in [9.17, 15) is 4.79 Å². The molecule has 2 atom stereocenters. The van der Waals surface area contributed by atoms with E-state index in [4.69, 9.17) is 5.73 Å². The maximum atomic E-state index is 11.9. The molecule has 0 bridgehead atoms. The van der Waals surface area contributed by atoms with Crippen molar-refractivity contribution in [3.8, 4) is 0 Å². The van der Waals surface area contributed by atoms with Crippen LogP contribution >= 0.6 is 0 Å². The number of aromatic nitrogens is 3. The first-order chi connectivity index (χ1) is 8.79. The predicted molar refractivity (Wildman–Crippen MR) is 67.6 cm³/mol. The van der Waals surface area contributed by atoms with Crippen LogP contribution in [-0.4, -0.2) is 33.3 Å². The molecule has 6 heteroatoms. The molecule has 1 heterocycles. The van der Waals surface area contributed by atoms with Crippen molar-refractivity contribution < 1.29 is 4.79 Å². The summed E-state index contributed by atoms with van der Waals surface area (Å²) in [5, 5.41) is 7.07. The smallest absolute Gasteiger partial charge is 0.222 e. The maximum absolute atomic E-state index is 11.9. The number of nitrogens with one attached hydrogen (secondary N) is 1. The zero-order valence-corrected chi connectivity index (χ0v) is 10.6. The Morgan fingerprint density at radius 3 is 3.00 bits per heavy atom. The van der Waals surface area contributed by atoms with Gasteiger partial charge in [-0.2, -0.15) is 5.10 Å². The minimum atomic E-state index is 0.0795. The fourth-order valence-corrected chi connectivity index (χ4v) is 2.52. The van der Waals surface area contributed by atoms with Gasteiger partial charge in [0.25, 0.3) is 0 Å². The molecule has 1 fully saturated rings. The van der Waals surface area contributed by atoms with Gasteiger partial charge in [0.2, 0.25) is 5.91 Å². The summed E-state index contributed by atoms with van der Waals surface area (Å²) in [5.41, 5.74) is 5.75. The van der Waals surface area contributed by atoms with E-state index in [2.05, 4.69) is 15.4 Å². The number of carbonyl (C=O) groups excluding carboxylic acids is 1. The van der Waals surface area contributed by atoms with E-state index in [-0.39, 0.29) is 11.9 Å². The summed E-state index contributed by atoms with van der Waals surface area (Å²) in [4.78, 5) is 15.7. The van der Waals surface area contributed by atoms with Crippen LogP contribution in [0.1, 0.15) is 32.1 Å². The first kappa shape index (κ1) is 13.0. The third kappa shape index (κ3) is 3.53. The Hall–Kier alpha value is -1.43. The molecule has 3 N–H and O–H groups in total. The van der Waals surface area contributed by atoms with Crippen LogP contribution in [0.15, 0.2) is 12.7 Å². The Labute approximate surface area is 107 Å². The number of aryl methyl sites for hydroxylation is 1. The van der Waals surface area contributed by atoms with Crippen molar-refractivity contribution in [2.75, 3.05) is 6.54 Å². The SMILES string of the molecule is NCC1CCCCC1NC(=O)CCn1cncn1. The second-order valence-electron chi connectivity index (χ2n) is 4.86. The zero-order chi connectivity index (χ0) is 12.8. The molecule has 0 spiro atoms. The molecule has 2 rings (SSSR count). The first-order valence-corrected chi connectivity index (χ1v) is 6.61. The summed E-state index contributed by atoms with van der Waals surface area (Å²) in [6, 6.07) is 0.256. The molecule has 0 aromatic carbocycles. The van der Waals surface area contributed by atoms with Crippen LogP contribution in [0.3, 0.4) is 0 Å². The van der Waals surface area contributed by atoms with Gasteiger partial charge in [0, 0.05) is 12.5 Å². The number of carbonyl (C=O) groups is 1. The fraction of sp³-hybridized carbons (Fsp3) is 0.750. The molecule has 1 aromatic rings. The van der Waals surface area contributed by atoms with Crippen molar-refractivity contribution >= 4 is 5.91 Å². The molecule has 0 saturated heterocycles. The van der Waals surface area contributed by atoms with Gasteiger partial charge in [-0.05, 0) is 25.3 Å². The lowest BCUT2D eigenvalue weighted by Crippen LogP contribution is -2.44. The molecule has 0 radical (unpaired) electrons. The summed E-state index contributed by atoms with van der Waals surface area (Å²) in [5.74, 6) is 0.518. The number of amides is 1. The molecule has 2 unspecified atom stereocenters. The van der Waals surface area contributed by atoms with Gasteiger partial charge in [-0.15, -0.1) is 0 Å². The maximum Gasteiger partial charge on any atom is 0.222 e. The van der Waals surface area contributed by atoms with Crippen molar-refractivity contribution in [3.05, 3.63) is 12.7 Å². The number of rotatable bonds is 5. The second kappa shape index (κ2) is 6.49. The molecular formula is C12H21N5O. The standard InChI is InChI=1S/C12H21N5O/c13-7-10-3-1-2-4-11(10)16-12(18)5-6-17-9-14-8-15-17/h8-11H,1-7,13H2,(H,16,18). The van der Waals surface area contributed by atoms with E-state index in [0.717, 1.165) is 12.8 Å². The Bertz CT molecular complexity index is 365. The minimum Gasteiger partial charge on any atom is -0.353 e. The average Bonchev–Trinajstić information content (AvgIpc) is 2.90. The molecule has 1 amide bonds. The second-order valence-corrected chi connectivity index (χ2v) is 4.86. The van der Waals surface area contributed by atoms with Crippen molar-refractivity contribution in [2.45, 2.75) is 44.7 Å². The van der Waals surface area contributed by atoms with E-state index in [1.54, 1.807) is 11.0 Å². The monoisotopic (exact) mass is 251 g/mol. The molecule has 1 aromatic heterocycles. The van der Waals surface area contributed by atoms with Crippen LogP contribution < -0.4 is 11.1 Å². The van der Waals surface area contributed by atoms with Gasteiger partial charge in [-0.25, -0.2) is 4.98 Å². The van der Waals surface area contributed by atoms with E-state index in [1.807, 2.05) is 0 Å². The van der Waals surface area contributed by atoms with Crippen LogP contribution in [0, 0.1) is 5.92 Å². The fourth-order valence-electron chi connectivity index (χ4n) is 2.52. The summed E-state index contributed by atoms with van der Waals surface area (Å²) >= 11 is 0. The zero-order valence-electron chi connectivity index (χ0n) is 10.6. The van der Waals surface area contributed by atoms with Gasteiger partial charge < -0.3 is 11.1 Å². The third-order valence-corrected chi connectivity index (χ3v) is 3.59. The Morgan fingerprint density at radius 1 is 1.44 bits per heavy atom. The molecule has 0 aliphatic heterocycles. The third-order valence-electron chi connectivity index (χ3n) is 3.59. The van der Waals surface area contributed by atoms with Gasteiger partial charge in [-0.3, -0.25) is 9.48 Å². The lowest BCUT2D eigenvalue weighted by molar-refractivity contribution is -0.122. The largest absolute Gasteiger partial charge is 0.353 e. The lowest BCUT2D eigenvalue weighted by atomic mass is 9.84. The van der Waals surface area contributed by atoms with Gasteiger partial charge in [0.15, 0.2) is 0 Å². The highest BCUT2D eigenvalue weighted by Gasteiger charge is 2.24. The Kier molecular flexibility index (Phi) is 4.69. The molecule has 6 nitrogen and oxygen atoms in total. The van der Waals surface area contributed by atoms with Gasteiger partial charge in [0.05, 0.1) is 6.54 Å². The molecule has 100 valence electrons. The van der Waals surface area contributed by atoms with Crippen LogP contribution in [-0.2, 0) is 11.3 Å². The van der Waals surface area contributed by atoms with Crippen molar-refractivity contribution in [3.63, 3.8) is 0 Å². The quantitative estimate of drug-likeness (QED) is 0.788. The average molecular weight is 251 g/mol.